The van der Waals surface area contributed by atoms with Crippen molar-refractivity contribution in [2.75, 3.05) is 5.32 Å². The summed E-state index contributed by atoms with van der Waals surface area (Å²) < 4.78 is 6.58. The topological polar surface area (TPSA) is 68.0 Å². The number of hydrogen-bond donors (Lipinski definition) is 1. The van der Waals surface area contributed by atoms with Gasteiger partial charge in [-0.25, -0.2) is 9.97 Å². The summed E-state index contributed by atoms with van der Waals surface area (Å²) >= 11 is 3.03. The van der Waals surface area contributed by atoms with Crippen molar-refractivity contribution in [2.45, 2.75) is 30.2 Å². The summed E-state index contributed by atoms with van der Waals surface area (Å²) in [6.45, 7) is 3.99. The molecule has 0 radical (unpaired) electrons. The van der Waals surface area contributed by atoms with Crippen LogP contribution >= 0.6 is 23.1 Å². The SMILES string of the molecule is CCc1cnc(CSc2cnc(NC(=O)c3cccc(C)c3)s2)o1. The number of thiazole rings is 1. The van der Waals surface area contributed by atoms with E-state index in [9.17, 15) is 4.79 Å². The average Bonchev–Trinajstić information content (AvgIpc) is 3.22. The maximum absolute atomic E-state index is 12.2. The number of thioether (sulfide) groups is 1. The first-order valence-corrected chi connectivity index (χ1v) is 9.34. The van der Waals surface area contributed by atoms with Crippen molar-refractivity contribution in [1.29, 1.82) is 0 Å². The van der Waals surface area contributed by atoms with Crippen LogP contribution in [0.4, 0.5) is 5.13 Å². The highest BCUT2D eigenvalue weighted by atomic mass is 32.2. The maximum atomic E-state index is 12.2. The molecule has 3 rings (SSSR count). The van der Waals surface area contributed by atoms with Gasteiger partial charge >= 0.3 is 0 Å². The van der Waals surface area contributed by atoms with Crippen molar-refractivity contribution >= 4 is 34.1 Å². The Bertz CT molecular complexity index is 842. The number of amides is 1. The number of aryl methyl sites for hydroxylation is 2. The first-order chi connectivity index (χ1) is 11.6. The van der Waals surface area contributed by atoms with Gasteiger partial charge in [-0.15, -0.1) is 11.8 Å². The van der Waals surface area contributed by atoms with Gasteiger partial charge in [0.2, 0.25) is 5.89 Å². The summed E-state index contributed by atoms with van der Waals surface area (Å²) in [6, 6.07) is 7.47. The Kier molecular flexibility index (Phi) is 5.32. The number of oxazole rings is 1. The van der Waals surface area contributed by atoms with Crippen LogP contribution in [0.5, 0.6) is 0 Å². The van der Waals surface area contributed by atoms with E-state index in [-0.39, 0.29) is 5.91 Å². The van der Waals surface area contributed by atoms with E-state index >= 15 is 0 Å². The number of benzene rings is 1. The third-order valence-corrected chi connectivity index (χ3v) is 5.37. The molecular formula is C17H17N3O2S2. The van der Waals surface area contributed by atoms with E-state index in [0.29, 0.717) is 22.3 Å². The lowest BCUT2D eigenvalue weighted by atomic mass is 10.1. The summed E-state index contributed by atoms with van der Waals surface area (Å²) in [4.78, 5) is 20.7. The fraction of sp³-hybridized carbons (Fsp3) is 0.235. The molecule has 0 aliphatic heterocycles. The van der Waals surface area contributed by atoms with Crippen molar-refractivity contribution in [3.63, 3.8) is 0 Å². The van der Waals surface area contributed by atoms with Crippen LogP contribution in [0, 0.1) is 6.92 Å². The van der Waals surface area contributed by atoms with Gasteiger partial charge in [-0.05, 0) is 19.1 Å². The molecule has 0 saturated heterocycles. The van der Waals surface area contributed by atoms with Crippen molar-refractivity contribution in [2.24, 2.45) is 0 Å². The Morgan fingerprint density at radius 2 is 2.21 bits per heavy atom. The Labute approximate surface area is 148 Å². The maximum Gasteiger partial charge on any atom is 0.257 e. The zero-order chi connectivity index (χ0) is 16.9. The van der Waals surface area contributed by atoms with Gasteiger partial charge in [0.1, 0.15) is 5.76 Å². The van der Waals surface area contributed by atoms with Gasteiger partial charge in [0, 0.05) is 12.0 Å². The molecule has 2 aromatic heterocycles. The first kappa shape index (κ1) is 16.7. The molecule has 1 N–H and O–H groups in total. The Hall–Kier alpha value is -2.12. The van der Waals surface area contributed by atoms with Crippen LogP contribution in [0.15, 0.2) is 45.3 Å². The molecule has 124 valence electrons. The Balaban J connectivity index is 1.58. The summed E-state index contributed by atoms with van der Waals surface area (Å²) in [5.74, 6) is 2.09. The lowest BCUT2D eigenvalue weighted by Crippen LogP contribution is -2.11. The summed E-state index contributed by atoms with van der Waals surface area (Å²) in [6.07, 6.45) is 4.36. The first-order valence-electron chi connectivity index (χ1n) is 7.54. The highest BCUT2D eigenvalue weighted by molar-refractivity contribution is 8.00. The zero-order valence-corrected chi connectivity index (χ0v) is 15.0. The van der Waals surface area contributed by atoms with Crippen molar-refractivity contribution in [3.8, 4) is 0 Å². The number of nitrogens with one attached hydrogen (secondary N) is 1. The van der Waals surface area contributed by atoms with E-state index in [1.165, 1.54) is 11.3 Å². The van der Waals surface area contributed by atoms with Crippen LogP contribution in [0.2, 0.25) is 0 Å². The molecule has 0 aliphatic carbocycles. The van der Waals surface area contributed by atoms with E-state index in [2.05, 4.69) is 15.3 Å². The largest absolute Gasteiger partial charge is 0.445 e. The normalized spacial score (nSPS) is 10.8. The van der Waals surface area contributed by atoms with Gasteiger partial charge in [0.05, 0.1) is 22.4 Å². The molecule has 2 heterocycles. The van der Waals surface area contributed by atoms with E-state index in [1.807, 2.05) is 32.0 Å². The molecule has 0 atom stereocenters. The van der Waals surface area contributed by atoms with Gasteiger partial charge in [-0.3, -0.25) is 10.1 Å². The monoisotopic (exact) mass is 359 g/mol. The zero-order valence-electron chi connectivity index (χ0n) is 13.4. The van der Waals surface area contributed by atoms with Gasteiger partial charge in [-0.1, -0.05) is 36.0 Å². The molecular weight excluding hydrogens is 342 g/mol. The van der Waals surface area contributed by atoms with Gasteiger partial charge in [0.25, 0.3) is 5.91 Å². The minimum absolute atomic E-state index is 0.148. The van der Waals surface area contributed by atoms with Crippen LogP contribution < -0.4 is 5.32 Å². The molecule has 0 bridgehead atoms. The molecule has 1 aromatic carbocycles. The molecule has 3 aromatic rings. The summed E-state index contributed by atoms with van der Waals surface area (Å²) in [5.41, 5.74) is 1.68. The second kappa shape index (κ2) is 7.63. The van der Waals surface area contributed by atoms with Gasteiger partial charge in [0.15, 0.2) is 5.13 Å². The second-order valence-electron chi connectivity index (χ2n) is 5.17. The smallest absolute Gasteiger partial charge is 0.257 e. The lowest BCUT2D eigenvalue weighted by molar-refractivity contribution is 0.102. The predicted molar refractivity (Wildman–Crippen MR) is 96.7 cm³/mol. The number of carbonyl (C=O) groups is 1. The van der Waals surface area contributed by atoms with Crippen molar-refractivity contribution in [1.82, 2.24) is 9.97 Å². The van der Waals surface area contributed by atoms with Crippen LogP contribution in [0.25, 0.3) is 0 Å². The molecule has 5 nitrogen and oxygen atoms in total. The van der Waals surface area contributed by atoms with E-state index in [0.717, 1.165) is 22.0 Å². The number of hydrogen-bond acceptors (Lipinski definition) is 6. The van der Waals surface area contributed by atoms with E-state index in [1.54, 1.807) is 30.2 Å². The van der Waals surface area contributed by atoms with Crippen molar-refractivity contribution in [3.05, 3.63) is 59.4 Å². The Morgan fingerprint density at radius 3 is 2.96 bits per heavy atom. The minimum Gasteiger partial charge on any atom is -0.445 e. The van der Waals surface area contributed by atoms with Gasteiger partial charge < -0.3 is 4.42 Å². The average molecular weight is 359 g/mol. The number of nitrogens with zero attached hydrogens (tertiary/aromatic N) is 2. The molecule has 0 unspecified atom stereocenters. The van der Waals surface area contributed by atoms with Crippen LogP contribution in [0.1, 0.15) is 34.5 Å². The molecule has 0 aliphatic rings. The standard InChI is InChI=1S/C17H17N3O2S2/c1-3-13-8-18-14(22-13)10-23-15-9-19-17(24-15)20-16(21)12-6-4-5-11(2)7-12/h4-9H,3,10H2,1-2H3,(H,19,20,21). The number of anilines is 1. The molecule has 7 heteroatoms. The molecule has 0 saturated carbocycles. The van der Waals surface area contributed by atoms with Crippen LogP contribution in [-0.4, -0.2) is 15.9 Å². The van der Waals surface area contributed by atoms with E-state index in [4.69, 9.17) is 4.42 Å². The second-order valence-corrected chi connectivity index (χ2v) is 7.48. The molecule has 1 amide bonds. The van der Waals surface area contributed by atoms with Crippen LogP contribution in [-0.2, 0) is 12.2 Å². The van der Waals surface area contributed by atoms with Crippen molar-refractivity contribution < 1.29 is 9.21 Å². The van der Waals surface area contributed by atoms with Crippen LogP contribution in [0.3, 0.4) is 0 Å². The molecule has 0 fully saturated rings. The highest BCUT2D eigenvalue weighted by Crippen LogP contribution is 2.30. The lowest BCUT2D eigenvalue weighted by Gasteiger charge is -2.02. The number of rotatable bonds is 6. The predicted octanol–water partition coefficient (Wildman–Crippen LogP) is 4.55. The fourth-order valence-corrected chi connectivity index (χ4v) is 3.77. The third-order valence-electron chi connectivity index (χ3n) is 3.27. The minimum atomic E-state index is -0.148. The summed E-state index contributed by atoms with van der Waals surface area (Å²) in [5, 5.41) is 3.42. The summed E-state index contributed by atoms with van der Waals surface area (Å²) in [7, 11) is 0. The fourth-order valence-electron chi connectivity index (χ4n) is 2.05. The number of aromatic nitrogens is 2. The third kappa shape index (κ3) is 4.24. The Morgan fingerprint density at radius 1 is 1.33 bits per heavy atom. The number of carbonyl (C=O) groups excluding carboxylic acids is 1. The van der Waals surface area contributed by atoms with Gasteiger partial charge in [-0.2, -0.15) is 0 Å². The highest BCUT2D eigenvalue weighted by Gasteiger charge is 2.10. The molecule has 0 spiro atoms. The quantitative estimate of drug-likeness (QED) is 0.654. The van der Waals surface area contributed by atoms with E-state index < -0.39 is 0 Å². The molecule has 24 heavy (non-hydrogen) atoms.